The summed E-state index contributed by atoms with van der Waals surface area (Å²) in [6.07, 6.45) is 3.23. The minimum Gasteiger partial charge on any atom is -0.458 e. The van der Waals surface area contributed by atoms with Gasteiger partial charge in [0, 0.05) is 22.4 Å². The normalized spacial score (nSPS) is 11.3. The summed E-state index contributed by atoms with van der Waals surface area (Å²) in [5, 5.41) is 7.54. The average Bonchev–Trinajstić information content (AvgIpc) is 3.04. The van der Waals surface area contributed by atoms with Crippen molar-refractivity contribution >= 4 is 34.4 Å². The summed E-state index contributed by atoms with van der Waals surface area (Å²) >= 11 is 6.28. The van der Waals surface area contributed by atoms with Crippen LogP contribution in [0.15, 0.2) is 72.8 Å². The lowest BCUT2D eigenvalue weighted by Gasteiger charge is -2.07. The van der Waals surface area contributed by atoms with Crippen LogP contribution in [-0.4, -0.2) is 15.7 Å². The van der Waals surface area contributed by atoms with E-state index in [1.54, 1.807) is 6.08 Å². The first-order valence-corrected chi connectivity index (χ1v) is 10.5. The molecule has 3 aromatic carbocycles. The number of nitrogens with zero attached hydrogens (tertiary/aromatic N) is 2. The van der Waals surface area contributed by atoms with E-state index < -0.39 is 0 Å². The number of fused-ring (bicyclic) bond motifs is 1. The largest absolute Gasteiger partial charge is 0.458 e. The SMILES string of the molecule is Cc1nn(Cc2ccccc2Cl)c(C)c1C=CC(=O)OCc1cccc2ccccc12. The minimum absolute atomic E-state index is 0.230. The Labute approximate surface area is 186 Å². The molecule has 4 rings (SSSR count). The Balaban J connectivity index is 1.45. The minimum atomic E-state index is -0.384. The number of hydrogen-bond donors (Lipinski definition) is 0. The topological polar surface area (TPSA) is 44.1 Å². The molecule has 0 aliphatic heterocycles. The fraction of sp³-hybridized carbons (Fsp3) is 0.154. The molecule has 0 bridgehead atoms. The van der Waals surface area contributed by atoms with E-state index in [4.69, 9.17) is 16.3 Å². The first-order chi connectivity index (χ1) is 15.0. The van der Waals surface area contributed by atoms with Crippen molar-refractivity contribution in [1.82, 2.24) is 9.78 Å². The number of carbonyl (C=O) groups is 1. The van der Waals surface area contributed by atoms with E-state index in [1.165, 1.54) is 6.08 Å². The maximum Gasteiger partial charge on any atom is 0.331 e. The third-order valence-corrected chi connectivity index (χ3v) is 5.72. The summed E-state index contributed by atoms with van der Waals surface area (Å²) in [6, 6.07) is 21.8. The molecule has 5 heteroatoms. The van der Waals surface area contributed by atoms with Gasteiger partial charge in [-0.3, -0.25) is 4.68 Å². The molecule has 0 aliphatic carbocycles. The maximum atomic E-state index is 12.3. The van der Waals surface area contributed by atoms with Gasteiger partial charge < -0.3 is 4.74 Å². The van der Waals surface area contributed by atoms with E-state index in [0.717, 1.165) is 38.9 Å². The summed E-state index contributed by atoms with van der Waals surface area (Å²) in [7, 11) is 0. The molecule has 0 unspecified atom stereocenters. The summed E-state index contributed by atoms with van der Waals surface area (Å²) in [5.74, 6) is -0.384. The van der Waals surface area contributed by atoms with Gasteiger partial charge in [0.2, 0.25) is 0 Å². The van der Waals surface area contributed by atoms with Crippen molar-refractivity contribution in [3.05, 3.63) is 106 Å². The van der Waals surface area contributed by atoms with Crippen LogP contribution in [0.3, 0.4) is 0 Å². The first kappa shape index (κ1) is 20.9. The van der Waals surface area contributed by atoms with Gasteiger partial charge in [0.15, 0.2) is 0 Å². The quantitative estimate of drug-likeness (QED) is 0.274. The van der Waals surface area contributed by atoms with E-state index in [-0.39, 0.29) is 12.6 Å². The van der Waals surface area contributed by atoms with Gasteiger partial charge in [-0.05, 0) is 47.9 Å². The molecule has 4 aromatic rings. The van der Waals surface area contributed by atoms with E-state index in [9.17, 15) is 4.79 Å². The molecule has 4 nitrogen and oxygen atoms in total. The molecule has 156 valence electrons. The number of carbonyl (C=O) groups excluding carboxylic acids is 1. The third kappa shape index (κ3) is 4.70. The van der Waals surface area contributed by atoms with Crippen molar-refractivity contribution in [2.75, 3.05) is 0 Å². The zero-order valence-electron chi connectivity index (χ0n) is 17.5. The lowest BCUT2D eigenvalue weighted by atomic mass is 10.1. The Hall–Kier alpha value is -3.37. The van der Waals surface area contributed by atoms with Crippen LogP contribution in [0.5, 0.6) is 0 Å². The van der Waals surface area contributed by atoms with Crippen molar-refractivity contribution in [3.63, 3.8) is 0 Å². The van der Waals surface area contributed by atoms with Gasteiger partial charge in [-0.2, -0.15) is 5.10 Å². The monoisotopic (exact) mass is 430 g/mol. The predicted octanol–water partition coefficient (Wildman–Crippen LogP) is 6.11. The van der Waals surface area contributed by atoms with E-state index in [2.05, 4.69) is 5.10 Å². The Kier molecular flexibility index (Phi) is 6.19. The van der Waals surface area contributed by atoms with Gasteiger partial charge >= 0.3 is 5.97 Å². The average molecular weight is 431 g/mol. The van der Waals surface area contributed by atoms with Crippen molar-refractivity contribution < 1.29 is 9.53 Å². The first-order valence-electron chi connectivity index (χ1n) is 10.1. The molecule has 1 aromatic heterocycles. The van der Waals surface area contributed by atoms with Gasteiger partial charge in [0.1, 0.15) is 6.61 Å². The molecule has 0 fully saturated rings. The number of aromatic nitrogens is 2. The van der Waals surface area contributed by atoms with Crippen LogP contribution in [0.25, 0.3) is 16.8 Å². The molecule has 0 N–H and O–H groups in total. The van der Waals surface area contributed by atoms with Crippen LogP contribution in [0.2, 0.25) is 5.02 Å². The highest BCUT2D eigenvalue weighted by molar-refractivity contribution is 6.31. The lowest BCUT2D eigenvalue weighted by Crippen LogP contribution is -2.04. The predicted molar refractivity (Wildman–Crippen MR) is 125 cm³/mol. The number of halogens is 1. The van der Waals surface area contributed by atoms with Crippen molar-refractivity contribution in [2.24, 2.45) is 0 Å². The lowest BCUT2D eigenvalue weighted by molar-refractivity contribution is -0.138. The van der Waals surface area contributed by atoms with Crippen molar-refractivity contribution in [3.8, 4) is 0 Å². The van der Waals surface area contributed by atoms with E-state index in [0.29, 0.717) is 11.6 Å². The second-order valence-electron chi connectivity index (χ2n) is 7.41. The van der Waals surface area contributed by atoms with Gasteiger partial charge in [0.25, 0.3) is 0 Å². The van der Waals surface area contributed by atoms with Crippen LogP contribution in [0.1, 0.15) is 28.1 Å². The zero-order valence-corrected chi connectivity index (χ0v) is 18.3. The number of aryl methyl sites for hydroxylation is 1. The molecule has 0 aliphatic rings. The van der Waals surface area contributed by atoms with Crippen LogP contribution in [0, 0.1) is 13.8 Å². The molecule has 0 amide bonds. The summed E-state index contributed by atoms with van der Waals surface area (Å²) in [5.41, 5.74) is 4.71. The summed E-state index contributed by atoms with van der Waals surface area (Å²) < 4.78 is 7.39. The summed E-state index contributed by atoms with van der Waals surface area (Å²) in [6.45, 7) is 4.72. The summed E-state index contributed by atoms with van der Waals surface area (Å²) in [4.78, 5) is 12.3. The molecular formula is C26H23ClN2O2. The highest BCUT2D eigenvalue weighted by Crippen LogP contribution is 2.21. The molecule has 1 heterocycles. The standard InChI is InChI=1S/C26H23ClN2O2/c1-18-23(19(2)29(28-18)16-21-9-4-6-13-25(21)27)14-15-26(30)31-17-22-11-7-10-20-8-3-5-12-24(20)22/h3-15H,16-17H2,1-2H3. The molecule has 0 saturated heterocycles. The number of esters is 1. The molecule has 0 atom stereocenters. The Bertz CT molecular complexity index is 1270. The van der Waals surface area contributed by atoms with Gasteiger partial charge in [-0.15, -0.1) is 0 Å². The maximum absolute atomic E-state index is 12.3. The fourth-order valence-corrected chi connectivity index (χ4v) is 3.86. The van der Waals surface area contributed by atoms with Crippen LogP contribution in [0.4, 0.5) is 0 Å². The van der Waals surface area contributed by atoms with Gasteiger partial charge in [-0.1, -0.05) is 72.3 Å². The van der Waals surface area contributed by atoms with E-state index in [1.807, 2.05) is 85.3 Å². The Morgan fingerprint density at radius 2 is 1.71 bits per heavy atom. The highest BCUT2D eigenvalue weighted by Gasteiger charge is 2.11. The van der Waals surface area contributed by atoms with Crippen LogP contribution >= 0.6 is 11.6 Å². The van der Waals surface area contributed by atoms with Crippen molar-refractivity contribution in [1.29, 1.82) is 0 Å². The van der Waals surface area contributed by atoms with E-state index >= 15 is 0 Å². The van der Waals surface area contributed by atoms with Crippen LogP contribution in [-0.2, 0) is 22.7 Å². The van der Waals surface area contributed by atoms with Gasteiger partial charge in [-0.25, -0.2) is 4.79 Å². The molecule has 0 radical (unpaired) electrons. The highest BCUT2D eigenvalue weighted by atomic mass is 35.5. The second-order valence-corrected chi connectivity index (χ2v) is 7.82. The van der Waals surface area contributed by atoms with Crippen LogP contribution < -0.4 is 0 Å². The number of hydrogen-bond acceptors (Lipinski definition) is 3. The number of benzene rings is 3. The number of rotatable bonds is 6. The molecule has 0 saturated carbocycles. The molecule has 31 heavy (non-hydrogen) atoms. The van der Waals surface area contributed by atoms with Gasteiger partial charge in [0.05, 0.1) is 12.2 Å². The second kappa shape index (κ2) is 9.19. The Morgan fingerprint density at radius 1 is 1.00 bits per heavy atom. The third-order valence-electron chi connectivity index (χ3n) is 5.35. The molecular weight excluding hydrogens is 408 g/mol. The zero-order chi connectivity index (χ0) is 21.8. The number of ether oxygens (including phenoxy) is 1. The fourth-order valence-electron chi connectivity index (χ4n) is 3.66. The van der Waals surface area contributed by atoms with Crippen molar-refractivity contribution in [2.45, 2.75) is 27.0 Å². The Morgan fingerprint density at radius 3 is 2.55 bits per heavy atom. The smallest absolute Gasteiger partial charge is 0.331 e. The molecule has 0 spiro atoms.